The summed E-state index contributed by atoms with van der Waals surface area (Å²) in [5.41, 5.74) is 4.00. The molecule has 28 heavy (non-hydrogen) atoms. The number of hydrogen-bond acceptors (Lipinski definition) is 5. The molecule has 0 unspecified atom stereocenters. The third-order valence-electron chi connectivity index (χ3n) is 4.16. The molecule has 2 heterocycles. The first-order valence-electron chi connectivity index (χ1n) is 9.03. The van der Waals surface area contributed by atoms with Gasteiger partial charge in [-0.3, -0.25) is 14.3 Å². The molecule has 6 nitrogen and oxygen atoms in total. The lowest BCUT2D eigenvalue weighted by Crippen LogP contribution is -2.13. The minimum Gasteiger partial charge on any atom is -0.326 e. The van der Waals surface area contributed by atoms with E-state index in [1.807, 2.05) is 42.7 Å². The third kappa shape index (κ3) is 4.86. The maximum Gasteiger partial charge on any atom is 0.225 e. The summed E-state index contributed by atoms with van der Waals surface area (Å²) in [6.07, 6.45) is 5.68. The fourth-order valence-electron chi connectivity index (χ4n) is 2.80. The van der Waals surface area contributed by atoms with E-state index >= 15 is 0 Å². The van der Waals surface area contributed by atoms with E-state index in [9.17, 15) is 4.79 Å². The fraction of sp³-hybridized carbons (Fsp3) is 0.238. The van der Waals surface area contributed by atoms with Gasteiger partial charge in [-0.25, -0.2) is 0 Å². The zero-order valence-corrected chi connectivity index (χ0v) is 16.9. The van der Waals surface area contributed by atoms with Crippen LogP contribution in [-0.2, 0) is 11.3 Å². The number of allylic oxidation sites excluding steroid dienone is 1. The Morgan fingerprint density at radius 3 is 2.86 bits per heavy atom. The van der Waals surface area contributed by atoms with Crippen LogP contribution in [0.25, 0.3) is 11.4 Å². The molecule has 0 fully saturated rings. The summed E-state index contributed by atoms with van der Waals surface area (Å²) in [5.74, 6) is 1.34. The van der Waals surface area contributed by atoms with E-state index in [0.29, 0.717) is 18.7 Å². The lowest BCUT2D eigenvalue weighted by molar-refractivity contribution is -0.115. The van der Waals surface area contributed by atoms with E-state index in [4.69, 9.17) is 0 Å². The number of pyridine rings is 1. The summed E-state index contributed by atoms with van der Waals surface area (Å²) >= 11 is 1.51. The first-order valence-corrected chi connectivity index (χ1v) is 10.0. The first kappa shape index (κ1) is 19.8. The van der Waals surface area contributed by atoms with Crippen molar-refractivity contribution in [3.63, 3.8) is 0 Å². The van der Waals surface area contributed by atoms with Gasteiger partial charge in [0.2, 0.25) is 5.91 Å². The van der Waals surface area contributed by atoms with Crippen molar-refractivity contribution in [3.05, 3.63) is 66.5 Å². The van der Waals surface area contributed by atoms with Gasteiger partial charge in [-0.2, -0.15) is 0 Å². The minimum atomic E-state index is -0.0123. The van der Waals surface area contributed by atoms with Crippen LogP contribution in [0, 0.1) is 13.8 Å². The molecule has 0 aliphatic heterocycles. The maximum atomic E-state index is 12.3. The molecular formula is C21H23N5OS. The highest BCUT2D eigenvalue weighted by Crippen LogP contribution is 2.24. The number of nitrogens with one attached hydrogen (secondary N) is 1. The summed E-state index contributed by atoms with van der Waals surface area (Å²) in [7, 11) is 0. The SMILES string of the molecule is C=CCn1c(SCCC(=O)Nc2ccc(C)cc2C)nnc1-c1cccnc1. The summed E-state index contributed by atoms with van der Waals surface area (Å²) in [6, 6.07) is 9.81. The Morgan fingerprint density at radius 1 is 1.29 bits per heavy atom. The molecule has 3 rings (SSSR count). The van der Waals surface area contributed by atoms with Gasteiger partial charge in [0.25, 0.3) is 0 Å². The molecule has 1 amide bonds. The molecule has 144 valence electrons. The molecule has 0 spiro atoms. The molecular weight excluding hydrogens is 370 g/mol. The number of nitrogens with zero attached hydrogens (tertiary/aromatic N) is 4. The van der Waals surface area contributed by atoms with Gasteiger partial charge in [-0.15, -0.1) is 16.8 Å². The largest absolute Gasteiger partial charge is 0.326 e. The highest BCUT2D eigenvalue weighted by Gasteiger charge is 2.14. The zero-order chi connectivity index (χ0) is 19.9. The van der Waals surface area contributed by atoms with Gasteiger partial charge in [0, 0.05) is 42.4 Å². The Hall–Kier alpha value is -2.93. The van der Waals surface area contributed by atoms with Crippen LogP contribution in [0.5, 0.6) is 0 Å². The lowest BCUT2D eigenvalue weighted by Gasteiger charge is -2.09. The van der Waals surface area contributed by atoms with E-state index in [1.54, 1.807) is 18.5 Å². The van der Waals surface area contributed by atoms with Crippen molar-refractivity contribution in [3.8, 4) is 11.4 Å². The van der Waals surface area contributed by atoms with Gasteiger partial charge >= 0.3 is 0 Å². The Morgan fingerprint density at radius 2 is 2.14 bits per heavy atom. The lowest BCUT2D eigenvalue weighted by atomic mass is 10.1. The summed E-state index contributed by atoms with van der Waals surface area (Å²) < 4.78 is 1.98. The number of hydrogen-bond donors (Lipinski definition) is 1. The number of aromatic nitrogens is 4. The average molecular weight is 394 g/mol. The molecule has 3 aromatic rings. The van der Waals surface area contributed by atoms with Crippen molar-refractivity contribution >= 4 is 23.4 Å². The molecule has 0 atom stereocenters. The van der Waals surface area contributed by atoms with E-state index in [1.165, 1.54) is 17.3 Å². The second-order valence-corrected chi connectivity index (χ2v) is 7.47. The summed E-state index contributed by atoms with van der Waals surface area (Å²) in [6.45, 7) is 8.44. The number of thioether (sulfide) groups is 1. The van der Waals surface area contributed by atoms with Crippen LogP contribution in [0.2, 0.25) is 0 Å². The minimum absolute atomic E-state index is 0.0123. The van der Waals surface area contributed by atoms with Gasteiger partial charge in [-0.05, 0) is 37.6 Å². The summed E-state index contributed by atoms with van der Waals surface area (Å²) in [5, 5.41) is 12.3. The van der Waals surface area contributed by atoms with Crippen molar-refractivity contribution in [1.82, 2.24) is 19.7 Å². The van der Waals surface area contributed by atoms with Gasteiger partial charge in [-0.1, -0.05) is 35.5 Å². The smallest absolute Gasteiger partial charge is 0.225 e. The Balaban J connectivity index is 1.62. The Bertz CT molecular complexity index is 968. The van der Waals surface area contributed by atoms with Crippen molar-refractivity contribution in [2.75, 3.05) is 11.1 Å². The number of rotatable bonds is 8. The van der Waals surface area contributed by atoms with E-state index in [0.717, 1.165) is 27.8 Å². The predicted molar refractivity (Wildman–Crippen MR) is 113 cm³/mol. The van der Waals surface area contributed by atoms with E-state index < -0.39 is 0 Å². The maximum absolute atomic E-state index is 12.3. The monoisotopic (exact) mass is 393 g/mol. The highest BCUT2D eigenvalue weighted by molar-refractivity contribution is 7.99. The fourth-order valence-corrected chi connectivity index (χ4v) is 3.68. The van der Waals surface area contributed by atoms with Gasteiger partial charge in [0.1, 0.15) is 0 Å². The van der Waals surface area contributed by atoms with E-state index in [2.05, 4.69) is 33.1 Å². The molecule has 0 aliphatic rings. The van der Waals surface area contributed by atoms with Crippen LogP contribution in [-0.4, -0.2) is 31.4 Å². The van der Waals surface area contributed by atoms with Crippen molar-refractivity contribution in [1.29, 1.82) is 0 Å². The van der Waals surface area contributed by atoms with Gasteiger partial charge in [0.15, 0.2) is 11.0 Å². The molecule has 0 aliphatic carbocycles. The first-order chi connectivity index (χ1) is 13.6. The third-order valence-corrected chi connectivity index (χ3v) is 5.13. The van der Waals surface area contributed by atoms with Crippen LogP contribution in [0.15, 0.2) is 60.5 Å². The van der Waals surface area contributed by atoms with Crippen molar-refractivity contribution in [2.24, 2.45) is 0 Å². The summed E-state index contributed by atoms with van der Waals surface area (Å²) in [4.78, 5) is 16.4. The van der Waals surface area contributed by atoms with Crippen LogP contribution in [0.3, 0.4) is 0 Å². The number of aryl methyl sites for hydroxylation is 2. The van der Waals surface area contributed by atoms with Gasteiger partial charge in [0.05, 0.1) is 0 Å². The molecule has 7 heteroatoms. The average Bonchev–Trinajstić information content (AvgIpc) is 3.08. The van der Waals surface area contributed by atoms with Crippen LogP contribution >= 0.6 is 11.8 Å². The quantitative estimate of drug-likeness (QED) is 0.457. The number of benzene rings is 1. The molecule has 1 N–H and O–H groups in total. The number of carbonyl (C=O) groups is 1. The topological polar surface area (TPSA) is 72.7 Å². The molecule has 0 saturated heterocycles. The normalized spacial score (nSPS) is 10.6. The van der Waals surface area contributed by atoms with Crippen LogP contribution in [0.1, 0.15) is 17.5 Å². The standard InChI is InChI=1S/C21H23N5OS/c1-4-11-26-20(17-6-5-10-22-14-17)24-25-21(26)28-12-9-19(27)23-18-8-7-15(2)13-16(18)3/h4-8,10,13-14H,1,9,11-12H2,2-3H3,(H,23,27). The van der Waals surface area contributed by atoms with Crippen LogP contribution < -0.4 is 5.32 Å². The highest BCUT2D eigenvalue weighted by atomic mass is 32.2. The van der Waals surface area contributed by atoms with Crippen molar-refractivity contribution < 1.29 is 4.79 Å². The van der Waals surface area contributed by atoms with Crippen molar-refractivity contribution in [2.45, 2.75) is 32.0 Å². The van der Waals surface area contributed by atoms with E-state index in [-0.39, 0.29) is 5.91 Å². The van der Waals surface area contributed by atoms with Gasteiger partial charge < -0.3 is 5.32 Å². The second-order valence-electron chi connectivity index (χ2n) is 6.41. The number of anilines is 1. The zero-order valence-electron chi connectivity index (χ0n) is 16.1. The molecule has 0 saturated carbocycles. The predicted octanol–water partition coefficient (Wildman–Crippen LogP) is 4.26. The Labute approximate surface area is 169 Å². The molecule has 2 aromatic heterocycles. The molecule has 0 bridgehead atoms. The Kier molecular flexibility index (Phi) is 6.60. The number of amides is 1. The second kappa shape index (κ2) is 9.32. The number of carbonyl (C=O) groups excluding carboxylic acids is 1. The van der Waals surface area contributed by atoms with Crippen LogP contribution in [0.4, 0.5) is 5.69 Å². The molecule has 1 aromatic carbocycles. The molecule has 0 radical (unpaired) electrons.